The first-order valence-electron chi connectivity index (χ1n) is 12.1. The molecule has 3 aromatic rings. The van der Waals surface area contributed by atoms with Gasteiger partial charge in [0, 0.05) is 11.6 Å². The van der Waals surface area contributed by atoms with Crippen LogP contribution in [0, 0.1) is 11.2 Å². The molecule has 0 saturated carbocycles. The zero-order chi connectivity index (χ0) is 29.5. The molecule has 8 nitrogen and oxygen atoms in total. The number of fused-ring (bicyclic) bond motifs is 1. The van der Waals surface area contributed by atoms with Crippen molar-refractivity contribution < 1.29 is 45.4 Å². The molecule has 0 saturated heterocycles. The van der Waals surface area contributed by atoms with Crippen LogP contribution in [0.1, 0.15) is 32.4 Å². The minimum atomic E-state index is -4.68. The molecule has 2 aromatic carbocycles. The molecular weight excluding hydrogens is 556 g/mol. The number of methoxy groups -OCH3 is 1. The number of sulfonamides is 1. The van der Waals surface area contributed by atoms with Crippen molar-refractivity contribution in [1.29, 1.82) is 0 Å². The Bertz CT molecular complexity index is 1540. The first-order valence-corrected chi connectivity index (χ1v) is 13.5. The van der Waals surface area contributed by atoms with Crippen molar-refractivity contribution in [3.63, 3.8) is 0 Å². The fourth-order valence-corrected chi connectivity index (χ4v) is 5.67. The van der Waals surface area contributed by atoms with Gasteiger partial charge in [0.25, 0.3) is 10.0 Å². The lowest BCUT2D eigenvalue weighted by Crippen LogP contribution is -2.44. The Morgan fingerprint density at radius 1 is 1.15 bits per heavy atom. The van der Waals surface area contributed by atoms with E-state index < -0.39 is 45.2 Å². The average Bonchev–Trinajstić information content (AvgIpc) is 2.90. The summed E-state index contributed by atoms with van der Waals surface area (Å²) in [6.45, 7) is 2.85. The molecule has 1 atom stereocenters. The lowest BCUT2D eigenvalue weighted by atomic mass is 9.86. The van der Waals surface area contributed by atoms with Crippen molar-refractivity contribution in [2.24, 2.45) is 5.41 Å². The molecular formula is C27H26F4N2O6S. The molecule has 40 heavy (non-hydrogen) atoms. The number of anilines is 1. The van der Waals surface area contributed by atoms with E-state index in [0.29, 0.717) is 0 Å². The maximum atomic E-state index is 14.0. The third-order valence-corrected chi connectivity index (χ3v) is 8.38. The maximum absolute atomic E-state index is 14.0. The second-order valence-electron chi connectivity index (χ2n) is 9.89. The highest BCUT2D eigenvalue weighted by molar-refractivity contribution is 7.92. The number of carbonyl (C=O) groups is 1. The molecule has 1 aliphatic heterocycles. The molecule has 1 aromatic heterocycles. The highest BCUT2D eigenvalue weighted by atomic mass is 32.2. The minimum absolute atomic E-state index is 0.0359. The molecule has 1 unspecified atom stereocenters. The summed E-state index contributed by atoms with van der Waals surface area (Å²) in [7, 11) is -3.18. The van der Waals surface area contributed by atoms with Crippen LogP contribution in [-0.2, 0) is 21.0 Å². The molecule has 2 heterocycles. The van der Waals surface area contributed by atoms with E-state index in [1.165, 1.54) is 37.4 Å². The van der Waals surface area contributed by atoms with Crippen LogP contribution in [0.3, 0.4) is 0 Å². The van der Waals surface area contributed by atoms with Crippen molar-refractivity contribution >= 4 is 21.7 Å². The Balaban J connectivity index is 1.79. The summed E-state index contributed by atoms with van der Waals surface area (Å²) >= 11 is 0. The van der Waals surface area contributed by atoms with Crippen LogP contribution in [0.15, 0.2) is 59.5 Å². The number of aliphatic carboxylic acids is 1. The van der Waals surface area contributed by atoms with E-state index in [9.17, 15) is 35.9 Å². The van der Waals surface area contributed by atoms with Gasteiger partial charge in [-0.15, -0.1) is 0 Å². The van der Waals surface area contributed by atoms with Gasteiger partial charge in [-0.2, -0.15) is 13.2 Å². The number of pyridine rings is 1. The van der Waals surface area contributed by atoms with Gasteiger partial charge in [0.1, 0.15) is 17.5 Å². The van der Waals surface area contributed by atoms with Crippen molar-refractivity contribution in [2.75, 3.05) is 18.0 Å². The molecule has 1 aliphatic rings. The summed E-state index contributed by atoms with van der Waals surface area (Å²) in [4.78, 5) is 15.0. The molecule has 0 spiro atoms. The normalized spacial score (nSPS) is 15.8. The predicted molar refractivity (Wildman–Crippen MR) is 137 cm³/mol. The van der Waals surface area contributed by atoms with Crippen LogP contribution in [0.4, 0.5) is 23.2 Å². The number of aromatic nitrogens is 1. The number of nitrogens with zero attached hydrogens (tertiary/aromatic N) is 2. The van der Waals surface area contributed by atoms with Crippen molar-refractivity contribution in [3.8, 4) is 22.8 Å². The maximum Gasteiger partial charge on any atom is 0.433 e. The van der Waals surface area contributed by atoms with Gasteiger partial charge in [0.2, 0.25) is 0 Å². The number of alkyl halides is 3. The SMILES string of the molecule is COc1cc(S(=O)(=O)N2CC(CCC(C)(C)C(=O)O)Oc3ccc(-c4cccc(C(F)(F)F)n4)cc32)ccc1F. The summed E-state index contributed by atoms with van der Waals surface area (Å²) in [5.41, 5.74) is -2.01. The fraction of sp³-hybridized carbons (Fsp3) is 0.333. The monoisotopic (exact) mass is 582 g/mol. The topological polar surface area (TPSA) is 106 Å². The lowest BCUT2D eigenvalue weighted by molar-refractivity contribution is -0.147. The van der Waals surface area contributed by atoms with E-state index in [0.717, 1.165) is 28.6 Å². The number of carboxylic acids is 1. The highest BCUT2D eigenvalue weighted by Crippen LogP contribution is 2.42. The van der Waals surface area contributed by atoms with E-state index >= 15 is 0 Å². The standard InChI is InChI=1S/C27H26F4N2O6S/c1-26(2,25(34)35)12-11-17-15-33(40(36,37)18-8-9-19(28)23(14-18)38-3)21-13-16(7-10-22(21)39-17)20-5-4-6-24(32-20)27(29,30)31/h4-10,13-14,17H,11-12,15H2,1-3H3,(H,34,35). The van der Waals surface area contributed by atoms with Crippen molar-refractivity contribution in [2.45, 2.75) is 43.9 Å². The Morgan fingerprint density at radius 3 is 2.52 bits per heavy atom. The van der Waals surface area contributed by atoms with Crippen LogP contribution in [0.2, 0.25) is 0 Å². The zero-order valence-corrected chi connectivity index (χ0v) is 22.5. The summed E-state index contributed by atoms with van der Waals surface area (Å²) in [5.74, 6) is -1.96. The van der Waals surface area contributed by atoms with Gasteiger partial charge in [-0.3, -0.25) is 9.10 Å². The number of hydrogen-bond donors (Lipinski definition) is 1. The van der Waals surface area contributed by atoms with Crippen LogP contribution in [0.5, 0.6) is 11.5 Å². The van der Waals surface area contributed by atoms with Gasteiger partial charge in [0.15, 0.2) is 11.6 Å². The molecule has 0 fully saturated rings. The number of carboxylic acid groups (broad SMARTS) is 1. The van der Waals surface area contributed by atoms with E-state index in [2.05, 4.69) is 4.98 Å². The Morgan fingerprint density at radius 2 is 1.88 bits per heavy atom. The largest absolute Gasteiger partial charge is 0.494 e. The first-order chi connectivity index (χ1) is 18.6. The predicted octanol–water partition coefficient (Wildman–Crippen LogP) is 5.76. The third-order valence-electron chi connectivity index (χ3n) is 6.61. The van der Waals surface area contributed by atoms with Gasteiger partial charge in [0.05, 0.1) is 35.3 Å². The Kier molecular flexibility index (Phi) is 7.72. The number of benzene rings is 2. The smallest absolute Gasteiger partial charge is 0.433 e. The Labute approximate surface area is 228 Å². The average molecular weight is 583 g/mol. The van der Waals surface area contributed by atoms with E-state index in [4.69, 9.17) is 9.47 Å². The highest BCUT2D eigenvalue weighted by Gasteiger charge is 2.37. The first kappa shape index (κ1) is 29.1. The molecule has 1 N–H and O–H groups in total. The summed E-state index contributed by atoms with van der Waals surface area (Å²) < 4.78 is 93.5. The van der Waals surface area contributed by atoms with Crippen LogP contribution >= 0.6 is 0 Å². The van der Waals surface area contributed by atoms with Gasteiger partial charge in [-0.05, 0) is 69.2 Å². The molecule has 4 rings (SSSR count). The lowest BCUT2D eigenvalue weighted by Gasteiger charge is -2.36. The molecule has 0 aliphatic carbocycles. The van der Waals surface area contributed by atoms with E-state index in [-0.39, 0.29) is 52.7 Å². The molecule has 0 amide bonds. The quantitative estimate of drug-likeness (QED) is 0.337. The summed E-state index contributed by atoms with van der Waals surface area (Å²) in [6.07, 6.45) is -5.07. The fourth-order valence-electron chi connectivity index (χ4n) is 4.16. The Hall–Kier alpha value is -3.87. The third kappa shape index (κ3) is 5.83. The van der Waals surface area contributed by atoms with Gasteiger partial charge in [-0.1, -0.05) is 6.07 Å². The van der Waals surface area contributed by atoms with Gasteiger partial charge < -0.3 is 14.6 Å². The van der Waals surface area contributed by atoms with Gasteiger partial charge >= 0.3 is 12.1 Å². The molecule has 13 heteroatoms. The number of ether oxygens (including phenoxy) is 2. The van der Waals surface area contributed by atoms with Crippen LogP contribution in [-0.4, -0.2) is 44.2 Å². The molecule has 0 radical (unpaired) electrons. The number of hydrogen-bond acceptors (Lipinski definition) is 6. The van der Waals surface area contributed by atoms with E-state index in [1.54, 1.807) is 13.8 Å². The number of rotatable bonds is 8. The molecule has 214 valence electrons. The molecule has 0 bridgehead atoms. The van der Waals surface area contributed by atoms with E-state index in [1.807, 2.05) is 0 Å². The summed E-state index contributed by atoms with van der Waals surface area (Å²) in [5, 5.41) is 9.47. The minimum Gasteiger partial charge on any atom is -0.494 e. The van der Waals surface area contributed by atoms with Gasteiger partial charge in [-0.25, -0.2) is 17.8 Å². The number of halogens is 4. The second-order valence-corrected chi connectivity index (χ2v) is 11.8. The second kappa shape index (κ2) is 10.6. The van der Waals surface area contributed by atoms with Crippen molar-refractivity contribution in [1.82, 2.24) is 4.98 Å². The zero-order valence-electron chi connectivity index (χ0n) is 21.7. The summed E-state index contributed by atoms with van der Waals surface area (Å²) in [6, 6.07) is 10.7. The van der Waals surface area contributed by atoms with Crippen LogP contribution < -0.4 is 13.8 Å². The van der Waals surface area contributed by atoms with Crippen molar-refractivity contribution in [3.05, 3.63) is 66.1 Å². The van der Waals surface area contributed by atoms with Crippen LogP contribution in [0.25, 0.3) is 11.3 Å².